The van der Waals surface area contributed by atoms with Gasteiger partial charge in [-0.1, -0.05) is 25.8 Å². The lowest BCUT2D eigenvalue weighted by Crippen LogP contribution is -1.88. The van der Waals surface area contributed by atoms with Crippen molar-refractivity contribution in [3.63, 3.8) is 0 Å². The molecule has 2 N–H and O–H groups in total. The van der Waals surface area contributed by atoms with Crippen molar-refractivity contribution in [1.29, 1.82) is 0 Å². The van der Waals surface area contributed by atoms with E-state index in [2.05, 4.69) is 11.7 Å². The van der Waals surface area contributed by atoms with Crippen LogP contribution in [0.1, 0.15) is 45.4 Å². The zero-order valence-corrected chi connectivity index (χ0v) is 11.3. The highest BCUT2D eigenvalue weighted by Gasteiger charge is 2.08. The second-order valence-electron chi connectivity index (χ2n) is 4.14. The highest BCUT2D eigenvalue weighted by molar-refractivity contribution is 5.80. The van der Waals surface area contributed by atoms with Crippen molar-refractivity contribution in [1.82, 2.24) is 0 Å². The molecule has 0 aromatic carbocycles. The summed E-state index contributed by atoms with van der Waals surface area (Å²) in [5.74, 6) is -0.807. The van der Waals surface area contributed by atoms with Crippen molar-refractivity contribution in [3.8, 4) is 0 Å². The summed E-state index contributed by atoms with van der Waals surface area (Å²) in [5.41, 5.74) is 0. The van der Waals surface area contributed by atoms with Gasteiger partial charge in [-0.05, 0) is 18.9 Å². The number of allylic oxidation sites excluding steroid dienone is 3. The number of hydrogen-bond acceptors (Lipinski definition) is 4. The van der Waals surface area contributed by atoms with Crippen LogP contribution in [0.2, 0.25) is 0 Å². The zero-order chi connectivity index (χ0) is 14.5. The summed E-state index contributed by atoms with van der Waals surface area (Å²) >= 11 is 0. The number of hydrogen-bond donors (Lipinski definition) is 2. The average molecular weight is 270 g/mol. The molecular formula is C14H22O5. The Balaban J connectivity index is 0.000000443. The molecule has 5 nitrogen and oxygen atoms in total. The number of aliphatic carboxylic acids is 1. The molecule has 0 aromatic heterocycles. The van der Waals surface area contributed by atoms with Crippen molar-refractivity contribution in [2.45, 2.75) is 45.4 Å². The molecule has 0 radical (unpaired) electrons. The van der Waals surface area contributed by atoms with Crippen LogP contribution in [0.4, 0.5) is 0 Å². The minimum atomic E-state index is -1.00. The third-order valence-electron chi connectivity index (χ3n) is 2.35. The van der Waals surface area contributed by atoms with E-state index in [1.54, 1.807) is 0 Å². The minimum absolute atomic E-state index is 0.0463. The molecule has 19 heavy (non-hydrogen) atoms. The summed E-state index contributed by atoms with van der Waals surface area (Å²) in [4.78, 5) is 20.1. The molecule has 1 aliphatic rings. The van der Waals surface area contributed by atoms with Crippen LogP contribution in [0.15, 0.2) is 24.0 Å². The molecule has 5 heteroatoms. The van der Waals surface area contributed by atoms with Gasteiger partial charge in [-0.2, -0.15) is 0 Å². The van der Waals surface area contributed by atoms with E-state index in [1.165, 1.54) is 12.2 Å². The Labute approximate surface area is 113 Å². The van der Waals surface area contributed by atoms with E-state index < -0.39 is 5.97 Å². The fraction of sp³-hybridized carbons (Fsp3) is 0.571. The van der Waals surface area contributed by atoms with Gasteiger partial charge in [-0.3, -0.25) is 4.79 Å². The van der Waals surface area contributed by atoms with E-state index in [1.807, 2.05) is 0 Å². The summed E-state index contributed by atoms with van der Waals surface area (Å²) in [7, 11) is 0. The molecule has 0 spiro atoms. The number of aliphatic hydroxyl groups is 1. The largest absolute Gasteiger partial charge is 0.512 e. The summed E-state index contributed by atoms with van der Waals surface area (Å²) in [6, 6.07) is 0. The molecule has 1 fully saturated rings. The number of carboxylic acids is 1. The Bertz CT molecular complexity index is 323. The van der Waals surface area contributed by atoms with Crippen molar-refractivity contribution in [2.24, 2.45) is 0 Å². The molecule has 1 saturated heterocycles. The molecule has 0 amide bonds. The van der Waals surface area contributed by atoms with Crippen LogP contribution in [0.25, 0.3) is 0 Å². The van der Waals surface area contributed by atoms with Crippen molar-refractivity contribution < 1.29 is 24.5 Å². The van der Waals surface area contributed by atoms with E-state index in [-0.39, 0.29) is 11.7 Å². The summed E-state index contributed by atoms with van der Waals surface area (Å²) < 4.78 is 4.51. The third kappa shape index (κ3) is 12.5. The molecule has 108 valence electrons. The topological polar surface area (TPSA) is 83.8 Å². The number of unbranched alkanes of at least 4 members (excludes halogenated alkanes) is 2. The van der Waals surface area contributed by atoms with Gasteiger partial charge in [0.2, 0.25) is 0 Å². The zero-order valence-electron chi connectivity index (χ0n) is 11.3. The van der Waals surface area contributed by atoms with E-state index in [9.17, 15) is 14.7 Å². The summed E-state index contributed by atoms with van der Waals surface area (Å²) in [5, 5.41) is 17.4. The predicted molar refractivity (Wildman–Crippen MR) is 71.8 cm³/mol. The van der Waals surface area contributed by atoms with Crippen LogP contribution in [-0.2, 0) is 14.3 Å². The van der Waals surface area contributed by atoms with Gasteiger partial charge in [-0.15, -0.1) is 0 Å². The quantitative estimate of drug-likeness (QED) is 0.255. The van der Waals surface area contributed by atoms with Crippen molar-refractivity contribution in [3.05, 3.63) is 24.0 Å². The van der Waals surface area contributed by atoms with Gasteiger partial charge in [-0.25, -0.2) is 4.79 Å². The molecule has 1 heterocycles. The second kappa shape index (κ2) is 11.3. The number of ether oxygens (including phenoxy) is 1. The average Bonchev–Trinajstić information content (AvgIpc) is 2.81. The molecule has 1 aliphatic heterocycles. The Morgan fingerprint density at radius 1 is 1.37 bits per heavy atom. The summed E-state index contributed by atoms with van der Waals surface area (Å²) in [6.07, 6.45) is 9.05. The first kappa shape index (κ1) is 17.2. The first-order valence-corrected chi connectivity index (χ1v) is 6.51. The highest BCUT2D eigenvalue weighted by Crippen LogP contribution is 2.05. The Morgan fingerprint density at radius 3 is 2.53 bits per heavy atom. The van der Waals surface area contributed by atoms with Crippen LogP contribution in [0.5, 0.6) is 0 Å². The molecule has 0 aliphatic carbocycles. The van der Waals surface area contributed by atoms with Gasteiger partial charge in [0.15, 0.2) is 0 Å². The van der Waals surface area contributed by atoms with Crippen LogP contribution >= 0.6 is 0 Å². The van der Waals surface area contributed by atoms with E-state index >= 15 is 0 Å². The Kier molecular flexibility index (Phi) is 10.3. The van der Waals surface area contributed by atoms with Crippen LogP contribution in [-0.4, -0.2) is 28.8 Å². The fourth-order valence-electron chi connectivity index (χ4n) is 1.36. The molecule has 0 atom stereocenters. The van der Waals surface area contributed by atoms with Crippen molar-refractivity contribution >= 4 is 11.9 Å². The van der Waals surface area contributed by atoms with Crippen LogP contribution in [0.3, 0.4) is 0 Å². The maximum atomic E-state index is 10.0. The van der Waals surface area contributed by atoms with Gasteiger partial charge < -0.3 is 14.9 Å². The smallest absolute Gasteiger partial charge is 0.328 e. The number of rotatable bonds is 6. The number of carbonyl (C=O) groups excluding carboxylic acids is 1. The van der Waals surface area contributed by atoms with Gasteiger partial charge in [0.1, 0.15) is 0 Å². The maximum Gasteiger partial charge on any atom is 0.328 e. The fourth-order valence-corrected chi connectivity index (χ4v) is 1.36. The van der Waals surface area contributed by atoms with Crippen LogP contribution < -0.4 is 0 Å². The number of esters is 1. The lowest BCUT2D eigenvalue weighted by molar-refractivity contribution is -0.138. The number of aliphatic hydroxyl groups excluding tert-OH is 1. The lowest BCUT2D eigenvalue weighted by Gasteiger charge is -1.96. The van der Waals surface area contributed by atoms with Gasteiger partial charge in [0.05, 0.1) is 12.4 Å². The van der Waals surface area contributed by atoms with E-state index in [4.69, 9.17) is 5.11 Å². The van der Waals surface area contributed by atoms with E-state index in [0.29, 0.717) is 19.4 Å². The molecule has 0 saturated carbocycles. The standard InChI is InChI=1S/C10H16O3.C4H6O2/c1-2-3-4-6-9(11)7-5-8-10(12)13;5-4-2-1-3-6-4/h5,7-8,11H,2-4,6H2,1H3,(H,12,13);1-3H2. The highest BCUT2D eigenvalue weighted by atomic mass is 16.5. The molecule has 1 rings (SSSR count). The predicted octanol–water partition coefficient (Wildman–Crippen LogP) is 2.97. The Morgan fingerprint density at radius 2 is 2.11 bits per heavy atom. The van der Waals surface area contributed by atoms with Crippen LogP contribution in [0, 0.1) is 0 Å². The monoisotopic (exact) mass is 270 g/mol. The Hall–Kier alpha value is -1.78. The lowest BCUT2D eigenvalue weighted by atomic mass is 10.2. The molecular weight excluding hydrogens is 248 g/mol. The maximum absolute atomic E-state index is 10.0. The van der Waals surface area contributed by atoms with Gasteiger partial charge in [0, 0.05) is 18.9 Å². The number of carbonyl (C=O) groups is 2. The normalized spacial score (nSPS) is 15.0. The summed E-state index contributed by atoms with van der Waals surface area (Å²) in [6.45, 7) is 2.73. The number of carboxylic acid groups (broad SMARTS) is 1. The van der Waals surface area contributed by atoms with Gasteiger partial charge >= 0.3 is 11.9 Å². The van der Waals surface area contributed by atoms with Crippen molar-refractivity contribution in [2.75, 3.05) is 6.61 Å². The SMILES string of the molecule is CCCCCC(O)=CC=CC(=O)O.O=C1CCCO1. The number of cyclic esters (lactones) is 1. The first-order chi connectivity index (χ1) is 9.06. The third-order valence-corrected chi connectivity index (χ3v) is 2.35. The molecule has 0 unspecified atom stereocenters. The second-order valence-corrected chi connectivity index (χ2v) is 4.14. The first-order valence-electron chi connectivity index (χ1n) is 6.51. The molecule has 0 aromatic rings. The molecule has 0 bridgehead atoms. The minimum Gasteiger partial charge on any atom is -0.512 e. The van der Waals surface area contributed by atoms with Gasteiger partial charge in [0.25, 0.3) is 0 Å². The van der Waals surface area contributed by atoms with E-state index in [0.717, 1.165) is 31.8 Å².